The van der Waals surface area contributed by atoms with Crippen LogP contribution in [-0.4, -0.2) is 37.8 Å². The molecule has 1 amide bonds. The third kappa shape index (κ3) is 3.28. The number of phenols is 1. The van der Waals surface area contributed by atoms with Gasteiger partial charge in [-0.15, -0.1) is 16.4 Å². The number of hydrogen-bond acceptors (Lipinski definition) is 6. The Morgan fingerprint density at radius 1 is 1.29 bits per heavy atom. The zero-order valence-corrected chi connectivity index (χ0v) is 14.2. The van der Waals surface area contributed by atoms with Gasteiger partial charge in [0.1, 0.15) is 17.1 Å². The van der Waals surface area contributed by atoms with Gasteiger partial charge in [-0.3, -0.25) is 4.79 Å². The van der Waals surface area contributed by atoms with Crippen LogP contribution in [0.1, 0.15) is 26.4 Å². The van der Waals surface area contributed by atoms with Gasteiger partial charge in [0.25, 0.3) is 5.91 Å². The van der Waals surface area contributed by atoms with Crippen molar-refractivity contribution in [3.05, 3.63) is 52.2 Å². The number of thiophene rings is 1. The normalized spacial score (nSPS) is 10.8. The molecule has 1 aromatic carbocycles. The van der Waals surface area contributed by atoms with Crippen LogP contribution < -0.4 is 5.32 Å². The van der Waals surface area contributed by atoms with Crippen LogP contribution in [0.4, 0.5) is 0 Å². The molecular formula is C16H17N5O2S. The molecule has 24 heavy (non-hydrogen) atoms. The Hall–Kier alpha value is -2.74. The minimum absolute atomic E-state index is 0.138. The first kappa shape index (κ1) is 16.1. The number of nitrogens with one attached hydrogen (secondary N) is 1. The monoisotopic (exact) mass is 343 g/mol. The molecule has 2 heterocycles. The largest absolute Gasteiger partial charge is 0.508 e. The van der Waals surface area contributed by atoms with Crippen molar-refractivity contribution in [1.82, 2.24) is 25.5 Å². The fourth-order valence-electron chi connectivity index (χ4n) is 2.36. The summed E-state index contributed by atoms with van der Waals surface area (Å²) >= 11 is 1.49. The predicted molar refractivity (Wildman–Crippen MR) is 90.6 cm³/mol. The Balaban J connectivity index is 1.72. The number of aromatic hydroxyl groups is 1. The molecule has 3 aromatic rings. The van der Waals surface area contributed by atoms with E-state index < -0.39 is 0 Å². The molecule has 2 aromatic heterocycles. The molecule has 0 saturated carbocycles. The summed E-state index contributed by atoms with van der Waals surface area (Å²) in [5.74, 6) is 0.0966. The number of aryl methyl sites for hydroxylation is 1. The summed E-state index contributed by atoms with van der Waals surface area (Å²) in [6, 6.07) is 6.96. The molecule has 0 unspecified atom stereocenters. The number of amides is 1. The Bertz CT molecular complexity index is 840. The van der Waals surface area contributed by atoms with E-state index in [9.17, 15) is 9.90 Å². The van der Waals surface area contributed by atoms with Crippen LogP contribution in [0, 0.1) is 13.8 Å². The molecule has 0 atom stereocenters. The van der Waals surface area contributed by atoms with Gasteiger partial charge in [0.2, 0.25) is 0 Å². The smallest absolute Gasteiger partial charge is 0.254 e. The highest BCUT2D eigenvalue weighted by Gasteiger charge is 2.21. The third-order valence-electron chi connectivity index (χ3n) is 3.79. The zero-order valence-electron chi connectivity index (χ0n) is 13.4. The van der Waals surface area contributed by atoms with E-state index in [1.54, 1.807) is 12.1 Å². The number of nitrogens with zero attached hydrogens (tertiary/aromatic N) is 4. The van der Waals surface area contributed by atoms with E-state index in [0.717, 1.165) is 21.0 Å². The van der Waals surface area contributed by atoms with Crippen molar-refractivity contribution in [2.45, 2.75) is 20.3 Å². The Morgan fingerprint density at radius 2 is 2.04 bits per heavy atom. The van der Waals surface area contributed by atoms with E-state index in [4.69, 9.17) is 0 Å². The number of tetrazole rings is 1. The molecular weight excluding hydrogens is 326 g/mol. The lowest BCUT2D eigenvalue weighted by Gasteiger charge is -2.07. The first-order chi connectivity index (χ1) is 11.6. The molecule has 124 valence electrons. The molecule has 0 aliphatic rings. The maximum atomic E-state index is 12.6. The van der Waals surface area contributed by atoms with Crippen LogP contribution >= 0.6 is 11.3 Å². The van der Waals surface area contributed by atoms with Gasteiger partial charge in [-0.1, -0.05) is 12.1 Å². The van der Waals surface area contributed by atoms with Crippen LogP contribution in [0.5, 0.6) is 5.75 Å². The fourth-order valence-corrected chi connectivity index (χ4v) is 3.43. The van der Waals surface area contributed by atoms with Crippen molar-refractivity contribution in [2.75, 3.05) is 6.54 Å². The second kappa shape index (κ2) is 6.79. The zero-order chi connectivity index (χ0) is 17.1. The topological polar surface area (TPSA) is 92.9 Å². The lowest BCUT2D eigenvalue weighted by Crippen LogP contribution is -2.27. The molecule has 8 heteroatoms. The van der Waals surface area contributed by atoms with Crippen LogP contribution in [0.25, 0.3) is 5.00 Å². The number of aromatic nitrogens is 4. The first-order valence-corrected chi connectivity index (χ1v) is 8.27. The van der Waals surface area contributed by atoms with Gasteiger partial charge in [0.05, 0.1) is 5.56 Å². The molecule has 2 N–H and O–H groups in total. The van der Waals surface area contributed by atoms with E-state index >= 15 is 0 Å². The second-order valence-corrected chi connectivity index (χ2v) is 6.59. The average molecular weight is 343 g/mol. The van der Waals surface area contributed by atoms with Gasteiger partial charge in [-0.05, 0) is 54.0 Å². The lowest BCUT2D eigenvalue weighted by atomic mass is 10.1. The van der Waals surface area contributed by atoms with Gasteiger partial charge < -0.3 is 10.4 Å². The van der Waals surface area contributed by atoms with Crippen molar-refractivity contribution in [3.63, 3.8) is 0 Å². The molecule has 0 bridgehead atoms. The van der Waals surface area contributed by atoms with Crippen LogP contribution in [-0.2, 0) is 6.42 Å². The molecule has 0 radical (unpaired) electrons. The van der Waals surface area contributed by atoms with Crippen molar-refractivity contribution < 1.29 is 9.90 Å². The summed E-state index contributed by atoms with van der Waals surface area (Å²) < 4.78 is 1.51. The van der Waals surface area contributed by atoms with Gasteiger partial charge in [-0.25, -0.2) is 0 Å². The third-order valence-corrected chi connectivity index (χ3v) is 4.98. The Kier molecular flexibility index (Phi) is 4.57. The quantitative estimate of drug-likeness (QED) is 0.739. The van der Waals surface area contributed by atoms with E-state index in [2.05, 4.69) is 20.8 Å². The van der Waals surface area contributed by atoms with E-state index in [-0.39, 0.29) is 11.7 Å². The highest BCUT2D eigenvalue weighted by Crippen LogP contribution is 2.30. The van der Waals surface area contributed by atoms with E-state index in [0.29, 0.717) is 18.5 Å². The van der Waals surface area contributed by atoms with Gasteiger partial charge >= 0.3 is 0 Å². The standard InChI is InChI=1S/C16H17N5O2S/c1-10-11(2)24-16(21-9-18-19-20-21)14(10)15(23)17-8-7-12-3-5-13(22)6-4-12/h3-6,9,22H,7-8H2,1-2H3,(H,17,23). The Morgan fingerprint density at radius 3 is 2.71 bits per heavy atom. The van der Waals surface area contributed by atoms with E-state index in [1.807, 2.05) is 26.0 Å². The molecule has 0 aliphatic carbocycles. The number of phenolic OH excluding ortho intramolecular Hbond substituents is 1. The number of carbonyl (C=O) groups is 1. The van der Waals surface area contributed by atoms with Crippen molar-refractivity contribution in [1.29, 1.82) is 0 Å². The van der Waals surface area contributed by atoms with Crippen LogP contribution in [0.15, 0.2) is 30.6 Å². The molecule has 0 saturated heterocycles. The first-order valence-electron chi connectivity index (χ1n) is 7.45. The van der Waals surface area contributed by atoms with Crippen LogP contribution in [0.2, 0.25) is 0 Å². The molecule has 3 rings (SSSR count). The predicted octanol–water partition coefficient (Wildman–Crippen LogP) is 2.02. The molecule has 7 nitrogen and oxygen atoms in total. The average Bonchev–Trinajstić information content (AvgIpc) is 3.18. The number of hydrogen-bond donors (Lipinski definition) is 2. The summed E-state index contributed by atoms with van der Waals surface area (Å²) in [6.45, 7) is 4.41. The number of benzene rings is 1. The van der Waals surface area contributed by atoms with Gasteiger partial charge in [0, 0.05) is 11.4 Å². The molecule has 0 spiro atoms. The maximum absolute atomic E-state index is 12.6. The lowest BCUT2D eigenvalue weighted by molar-refractivity contribution is 0.0954. The SMILES string of the molecule is Cc1sc(-n2cnnn2)c(C(=O)NCCc2ccc(O)cc2)c1C. The second-order valence-electron chi connectivity index (χ2n) is 5.39. The van der Waals surface area contributed by atoms with Gasteiger partial charge in [-0.2, -0.15) is 4.68 Å². The summed E-state index contributed by atoms with van der Waals surface area (Å²) in [6.07, 6.45) is 2.17. The maximum Gasteiger partial charge on any atom is 0.254 e. The van der Waals surface area contributed by atoms with Crippen LogP contribution in [0.3, 0.4) is 0 Å². The van der Waals surface area contributed by atoms with E-state index in [1.165, 1.54) is 22.3 Å². The summed E-state index contributed by atoms with van der Waals surface area (Å²) in [4.78, 5) is 13.7. The minimum Gasteiger partial charge on any atom is -0.508 e. The summed E-state index contributed by atoms with van der Waals surface area (Å²) in [5, 5.41) is 24.1. The number of rotatable bonds is 5. The number of carbonyl (C=O) groups excluding carboxylic acids is 1. The fraction of sp³-hybridized carbons (Fsp3) is 0.250. The summed E-state index contributed by atoms with van der Waals surface area (Å²) in [7, 11) is 0. The van der Waals surface area contributed by atoms with Crippen molar-refractivity contribution >= 4 is 17.2 Å². The molecule has 0 aliphatic heterocycles. The van der Waals surface area contributed by atoms with Gasteiger partial charge in [0.15, 0.2) is 0 Å². The summed E-state index contributed by atoms with van der Waals surface area (Å²) in [5.41, 5.74) is 2.59. The highest BCUT2D eigenvalue weighted by atomic mass is 32.1. The Labute approximate surface area is 142 Å². The minimum atomic E-state index is -0.138. The van der Waals surface area contributed by atoms with Crippen molar-refractivity contribution in [2.24, 2.45) is 0 Å². The van der Waals surface area contributed by atoms with Crippen molar-refractivity contribution in [3.8, 4) is 10.8 Å². The highest BCUT2D eigenvalue weighted by molar-refractivity contribution is 7.15. The molecule has 0 fully saturated rings.